The van der Waals surface area contributed by atoms with Crippen molar-refractivity contribution < 1.29 is 27.5 Å². The van der Waals surface area contributed by atoms with Crippen molar-refractivity contribution in [2.45, 2.75) is 32.6 Å². The molecular formula is C19H18ClF3N4O3. The molecular weight excluding hydrogens is 425 g/mol. The lowest BCUT2D eigenvalue weighted by Gasteiger charge is -2.16. The number of halogens is 4. The van der Waals surface area contributed by atoms with Gasteiger partial charge in [0.15, 0.2) is 6.61 Å². The van der Waals surface area contributed by atoms with Gasteiger partial charge in [0.25, 0.3) is 5.91 Å². The minimum absolute atomic E-state index is 0.0662. The Morgan fingerprint density at radius 1 is 1.37 bits per heavy atom. The van der Waals surface area contributed by atoms with E-state index < -0.39 is 12.8 Å². The van der Waals surface area contributed by atoms with Crippen LogP contribution in [-0.4, -0.2) is 46.0 Å². The van der Waals surface area contributed by atoms with Gasteiger partial charge < -0.3 is 15.0 Å². The molecule has 0 unspecified atom stereocenters. The van der Waals surface area contributed by atoms with Crippen LogP contribution in [0.3, 0.4) is 0 Å². The molecule has 0 aromatic carbocycles. The SMILES string of the molecule is CCNC(=O)Cc1nccc2c1CN(Cc1cnc(OCC(F)(F)F)c(Cl)c1)C2=O. The molecule has 0 aliphatic carbocycles. The van der Waals surface area contributed by atoms with Gasteiger partial charge in [-0.2, -0.15) is 13.2 Å². The van der Waals surface area contributed by atoms with E-state index in [-0.39, 0.29) is 42.2 Å². The van der Waals surface area contributed by atoms with Crippen LogP contribution in [0.25, 0.3) is 0 Å². The Bertz CT molecular complexity index is 969. The van der Waals surface area contributed by atoms with Crippen molar-refractivity contribution in [3.05, 3.63) is 51.9 Å². The van der Waals surface area contributed by atoms with Crippen LogP contribution in [0.2, 0.25) is 5.02 Å². The normalized spacial score (nSPS) is 13.4. The minimum Gasteiger partial charge on any atom is -0.467 e. The second-order valence-corrected chi connectivity index (χ2v) is 7.02. The third kappa shape index (κ3) is 5.18. The number of fused-ring (bicyclic) bond motifs is 1. The molecule has 0 radical (unpaired) electrons. The van der Waals surface area contributed by atoms with Crippen LogP contribution in [0, 0.1) is 0 Å². The Labute approximate surface area is 175 Å². The maximum atomic E-state index is 12.7. The Morgan fingerprint density at radius 2 is 2.13 bits per heavy atom. The number of aromatic nitrogens is 2. The molecule has 2 amide bonds. The van der Waals surface area contributed by atoms with Crippen molar-refractivity contribution in [2.24, 2.45) is 0 Å². The number of nitrogens with one attached hydrogen (secondary N) is 1. The number of amides is 2. The van der Waals surface area contributed by atoms with Gasteiger partial charge in [0, 0.05) is 43.2 Å². The fourth-order valence-corrected chi connectivity index (χ4v) is 3.31. The Kier molecular flexibility index (Phi) is 6.45. The maximum absolute atomic E-state index is 12.7. The molecule has 2 aromatic rings. The van der Waals surface area contributed by atoms with E-state index in [4.69, 9.17) is 11.6 Å². The molecule has 1 aliphatic heterocycles. The zero-order valence-corrected chi connectivity index (χ0v) is 16.7. The van der Waals surface area contributed by atoms with Crippen LogP contribution in [0.1, 0.15) is 34.1 Å². The highest BCUT2D eigenvalue weighted by Gasteiger charge is 2.31. The molecule has 30 heavy (non-hydrogen) atoms. The number of likely N-dealkylation sites (N-methyl/N-ethyl adjacent to an activating group) is 1. The summed E-state index contributed by atoms with van der Waals surface area (Å²) in [6, 6.07) is 3.00. The van der Waals surface area contributed by atoms with Gasteiger partial charge in [-0.15, -0.1) is 0 Å². The maximum Gasteiger partial charge on any atom is 0.422 e. The second-order valence-electron chi connectivity index (χ2n) is 6.61. The summed E-state index contributed by atoms with van der Waals surface area (Å²) in [6.45, 7) is 1.20. The van der Waals surface area contributed by atoms with Gasteiger partial charge in [0.2, 0.25) is 11.8 Å². The molecule has 1 aliphatic rings. The van der Waals surface area contributed by atoms with Crippen LogP contribution >= 0.6 is 11.6 Å². The number of rotatable bonds is 7. The van der Waals surface area contributed by atoms with Gasteiger partial charge in [-0.3, -0.25) is 14.6 Å². The molecule has 0 atom stereocenters. The molecule has 160 valence electrons. The number of carbonyl (C=O) groups is 2. The zero-order valence-electron chi connectivity index (χ0n) is 15.9. The van der Waals surface area contributed by atoms with Crippen LogP contribution in [0.4, 0.5) is 13.2 Å². The molecule has 2 aromatic heterocycles. The first-order valence-electron chi connectivity index (χ1n) is 9.04. The van der Waals surface area contributed by atoms with E-state index in [2.05, 4.69) is 20.0 Å². The predicted molar refractivity (Wildman–Crippen MR) is 101 cm³/mol. The number of ether oxygens (including phenoxy) is 1. The summed E-state index contributed by atoms with van der Waals surface area (Å²) in [7, 11) is 0. The van der Waals surface area contributed by atoms with Gasteiger partial charge >= 0.3 is 6.18 Å². The van der Waals surface area contributed by atoms with Gasteiger partial charge in [-0.1, -0.05) is 11.6 Å². The molecule has 1 N–H and O–H groups in total. The largest absolute Gasteiger partial charge is 0.467 e. The average molecular weight is 443 g/mol. The lowest BCUT2D eigenvalue weighted by atomic mass is 10.1. The third-order valence-electron chi connectivity index (χ3n) is 4.32. The fourth-order valence-electron chi connectivity index (χ4n) is 3.07. The Hall–Kier alpha value is -2.88. The molecule has 0 fully saturated rings. The van der Waals surface area contributed by atoms with Crippen LogP contribution in [0.5, 0.6) is 5.88 Å². The highest BCUT2D eigenvalue weighted by atomic mass is 35.5. The predicted octanol–water partition coefficient (Wildman–Crippen LogP) is 2.91. The second kappa shape index (κ2) is 8.86. The van der Waals surface area contributed by atoms with Crippen LogP contribution in [-0.2, 0) is 24.3 Å². The number of pyridine rings is 2. The lowest BCUT2D eigenvalue weighted by Crippen LogP contribution is -2.25. The van der Waals surface area contributed by atoms with Crippen LogP contribution in [0.15, 0.2) is 24.5 Å². The quantitative estimate of drug-likeness (QED) is 0.712. The van der Waals surface area contributed by atoms with E-state index in [0.717, 1.165) is 0 Å². The minimum atomic E-state index is -4.50. The first kappa shape index (κ1) is 21.8. The molecule has 7 nitrogen and oxygen atoms in total. The lowest BCUT2D eigenvalue weighted by molar-refractivity contribution is -0.154. The van der Waals surface area contributed by atoms with E-state index in [9.17, 15) is 22.8 Å². The van der Waals surface area contributed by atoms with E-state index >= 15 is 0 Å². The first-order chi connectivity index (χ1) is 14.2. The van der Waals surface area contributed by atoms with Crippen molar-refractivity contribution in [1.29, 1.82) is 0 Å². The van der Waals surface area contributed by atoms with Crippen molar-refractivity contribution in [1.82, 2.24) is 20.2 Å². The molecule has 3 heterocycles. The monoisotopic (exact) mass is 442 g/mol. The van der Waals surface area contributed by atoms with Gasteiger partial charge in [-0.05, 0) is 24.6 Å². The highest BCUT2D eigenvalue weighted by Crippen LogP contribution is 2.29. The number of carbonyl (C=O) groups excluding carboxylic acids is 2. The summed E-state index contributed by atoms with van der Waals surface area (Å²) in [4.78, 5) is 34.2. The van der Waals surface area contributed by atoms with Gasteiger partial charge in [0.05, 0.1) is 12.1 Å². The first-order valence-corrected chi connectivity index (χ1v) is 9.42. The zero-order chi connectivity index (χ0) is 21.9. The molecule has 0 spiro atoms. The van der Waals surface area contributed by atoms with Crippen molar-refractivity contribution in [3.8, 4) is 5.88 Å². The third-order valence-corrected chi connectivity index (χ3v) is 4.59. The summed E-state index contributed by atoms with van der Waals surface area (Å²) >= 11 is 5.97. The van der Waals surface area contributed by atoms with E-state index in [0.29, 0.717) is 28.9 Å². The summed E-state index contributed by atoms with van der Waals surface area (Å²) < 4.78 is 41.4. The molecule has 0 saturated heterocycles. The van der Waals surface area contributed by atoms with E-state index in [1.54, 1.807) is 6.07 Å². The summed E-state index contributed by atoms with van der Waals surface area (Å²) in [5.74, 6) is -0.755. The van der Waals surface area contributed by atoms with E-state index in [1.807, 2.05) is 6.92 Å². The Balaban J connectivity index is 1.71. The summed E-state index contributed by atoms with van der Waals surface area (Å²) in [5, 5.41) is 2.61. The standard InChI is InChI=1S/C19H18ClF3N4O3/c1-2-24-16(28)6-15-13-9-27(18(29)12(13)3-4-25-15)8-11-5-14(20)17(26-7-11)30-10-19(21,22)23/h3-5,7H,2,6,8-10H2,1H3,(H,24,28). The number of alkyl halides is 3. The highest BCUT2D eigenvalue weighted by molar-refractivity contribution is 6.31. The molecule has 11 heteroatoms. The fraction of sp³-hybridized carbons (Fsp3) is 0.368. The molecule has 0 bridgehead atoms. The summed E-state index contributed by atoms with van der Waals surface area (Å²) in [5.41, 5.74) is 2.20. The molecule has 0 saturated carbocycles. The van der Waals surface area contributed by atoms with Crippen molar-refractivity contribution in [2.75, 3.05) is 13.2 Å². The van der Waals surface area contributed by atoms with Crippen LogP contribution < -0.4 is 10.1 Å². The topological polar surface area (TPSA) is 84.4 Å². The summed E-state index contributed by atoms with van der Waals surface area (Å²) in [6.07, 6.45) is -1.64. The van der Waals surface area contributed by atoms with Gasteiger partial charge in [-0.25, -0.2) is 4.98 Å². The average Bonchev–Trinajstić information content (AvgIpc) is 2.97. The number of hydrogen-bond acceptors (Lipinski definition) is 5. The number of nitrogens with zero attached hydrogens (tertiary/aromatic N) is 3. The smallest absolute Gasteiger partial charge is 0.422 e. The van der Waals surface area contributed by atoms with Crippen molar-refractivity contribution >= 4 is 23.4 Å². The number of hydrogen-bond donors (Lipinski definition) is 1. The van der Waals surface area contributed by atoms with Crippen molar-refractivity contribution in [3.63, 3.8) is 0 Å². The molecule has 3 rings (SSSR count). The Morgan fingerprint density at radius 3 is 2.80 bits per heavy atom. The van der Waals surface area contributed by atoms with Gasteiger partial charge in [0.1, 0.15) is 5.02 Å². The van der Waals surface area contributed by atoms with E-state index in [1.165, 1.54) is 23.4 Å².